The molecule has 4 heteroatoms. The predicted octanol–water partition coefficient (Wildman–Crippen LogP) is 1.66. The van der Waals surface area contributed by atoms with Crippen molar-refractivity contribution >= 4 is 5.91 Å². The van der Waals surface area contributed by atoms with E-state index in [0.717, 1.165) is 44.9 Å². The number of hydrogen-bond acceptors (Lipinski definition) is 3. The Hall–Kier alpha value is -0.610. The minimum atomic E-state index is 0.350. The third-order valence-electron chi connectivity index (χ3n) is 4.86. The molecule has 0 aromatic carbocycles. The van der Waals surface area contributed by atoms with Crippen LogP contribution in [0.2, 0.25) is 0 Å². The van der Waals surface area contributed by atoms with Crippen LogP contribution in [0.4, 0.5) is 0 Å². The lowest BCUT2D eigenvalue weighted by Crippen LogP contribution is -2.50. The highest BCUT2D eigenvalue weighted by Crippen LogP contribution is 2.19. The van der Waals surface area contributed by atoms with E-state index in [0.29, 0.717) is 5.91 Å². The lowest BCUT2D eigenvalue weighted by atomic mass is 9.96. The van der Waals surface area contributed by atoms with Gasteiger partial charge < -0.3 is 9.80 Å². The van der Waals surface area contributed by atoms with Crippen molar-refractivity contribution in [2.45, 2.75) is 39.5 Å². The van der Waals surface area contributed by atoms with Crippen molar-refractivity contribution in [3.8, 4) is 0 Å². The van der Waals surface area contributed by atoms with Gasteiger partial charge in [0, 0.05) is 39.1 Å². The van der Waals surface area contributed by atoms with Crippen LogP contribution in [-0.4, -0.2) is 73.0 Å². The van der Waals surface area contributed by atoms with Gasteiger partial charge >= 0.3 is 0 Å². The lowest BCUT2D eigenvalue weighted by molar-refractivity contribution is -0.133. The number of nitrogens with zero attached hydrogens (tertiary/aromatic N) is 3. The van der Waals surface area contributed by atoms with E-state index in [9.17, 15) is 4.79 Å². The first-order valence-electron chi connectivity index (χ1n) is 8.45. The quantitative estimate of drug-likeness (QED) is 0.767. The zero-order valence-corrected chi connectivity index (χ0v) is 13.3. The molecule has 0 radical (unpaired) electrons. The SMILES string of the molecule is CCCC(=O)N1CCN(CC2CCN(CC)CC2)CC1. The highest BCUT2D eigenvalue weighted by molar-refractivity contribution is 5.76. The highest BCUT2D eigenvalue weighted by Gasteiger charge is 2.24. The van der Waals surface area contributed by atoms with Gasteiger partial charge in [-0.15, -0.1) is 0 Å². The van der Waals surface area contributed by atoms with Gasteiger partial charge in [0.2, 0.25) is 5.91 Å². The van der Waals surface area contributed by atoms with E-state index < -0.39 is 0 Å². The summed E-state index contributed by atoms with van der Waals surface area (Å²) in [5.74, 6) is 1.22. The second kappa shape index (κ2) is 7.99. The fourth-order valence-corrected chi connectivity index (χ4v) is 3.40. The first-order chi connectivity index (χ1) is 9.72. The van der Waals surface area contributed by atoms with Crippen LogP contribution in [0.25, 0.3) is 0 Å². The molecule has 0 aromatic heterocycles. The lowest BCUT2D eigenvalue weighted by Gasteiger charge is -2.38. The first kappa shape index (κ1) is 15.8. The van der Waals surface area contributed by atoms with E-state index in [1.54, 1.807) is 0 Å². The molecule has 2 aliphatic rings. The summed E-state index contributed by atoms with van der Waals surface area (Å²) in [5.41, 5.74) is 0. The topological polar surface area (TPSA) is 26.8 Å². The third kappa shape index (κ3) is 4.45. The average Bonchev–Trinajstić information content (AvgIpc) is 2.49. The second-order valence-corrected chi connectivity index (χ2v) is 6.31. The fourth-order valence-electron chi connectivity index (χ4n) is 3.40. The van der Waals surface area contributed by atoms with Gasteiger partial charge in [0.05, 0.1) is 0 Å². The molecule has 2 rings (SSSR count). The molecule has 2 fully saturated rings. The molecule has 0 unspecified atom stereocenters. The molecule has 2 aliphatic heterocycles. The van der Waals surface area contributed by atoms with Crippen molar-refractivity contribution in [1.82, 2.24) is 14.7 Å². The molecule has 20 heavy (non-hydrogen) atoms. The number of likely N-dealkylation sites (tertiary alicyclic amines) is 1. The Labute approximate surface area is 124 Å². The van der Waals surface area contributed by atoms with Crippen LogP contribution in [0.15, 0.2) is 0 Å². The Morgan fingerprint density at radius 2 is 1.60 bits per heavy atom. The van der Waals surface area contributed by atoms with Crippen molar-refractivity contribution in [1.29, 1.82) is 0 Å². The normalized spacial score (nSPS) is 23.2. The Bertz CT molecular complexity index is 292. The fraction of sp³-hybridized carbons (Fsp3) is 0.938. The van der Waals surface area contributed by atoms with Crippen LogP contribution < -0.4 is 0 Å². The van der Waals surface area contributed by atoms with Crippen LogP contribution in [0.5, 0.6) is 0 Å². The minimum Gasteiger partial charge on any atom is -0.340 e. The standard InChI is InChI=1S/C16H31N3O/c1-3-5-16(20)19-12-10-18(11-13-19)14-15-6-8-17(4-2)9-7-15/h15H,3-14H2,1-2H3. The summed E-state index contributed by atoms with van der Waals surface area (Å²) in [6, 6.07) is 0. The van der Waals surface area contributed by atoms with Crippen LogP contribution >= 0.6 is 0 Å². The third-order valence-corrected chi connectivity index (χ3v) is 4.86. The molecule has 0 aromatic rings. The predicted molar refractivity (Wildman–Crippen MR) is 82.8 cm³/mol. The number of hydrogen-bond donors (Lipinski definition) is 0. The smallest absolute Gasteiger partial charge is 0.222 e. The molecule has 2 saturated heterocycles. The van der Waals surface area contributed by atoms with Crippen LogP contribution in [0.1, 0.15) is 39.5 Å². The molecule has 0 aliphatic carbocycles. The molecule has 0 saturated carbocycles. The maximum absolute atomic E-state index is 11.9. The largest absolute Gasteiger partial charge is 0.340 e. The summed E-state index contributed by atoms with van der Waals surface area (Å²) < 4.78 is 0. The number of carbonyl (C=O) groups is 1. The number of amides is 1. The van der Waals surface area contributed by atoms with Crippen molar-refractivity contribution < 1.29 is 4.79 Å². The van der Waals surface area contributed by atoms with Crippen molar-refractivity contribution in [3.05, 3.63) is 0 Å². The van der Waals surface area contributed by atoms with Crippen molar-refractivity contribution in [3.63, 3.8) is 0 Å². The zero-order chi connectivity index (χ0) is 14.4. The molecular weight excluding hydrogens is 250 g/mol. The maximum atomic E-state index is 11.9. The Morgan fingerprint density at radius 3 is 2.15 bits per heavy atom. The monoisotopic (exact) mass is 281 g/mol. The first-order valence-corrected chi connectivity index (χ1v) is 8.45. The minimum absolute atomic E-state index is 0.350. The van der Waals surface area contributed by atoms with Crippen LogP contribution in [0.3, 0.4) is 0 Å². The molecule has 0 spiro atoms. The summed E-state index contributed by atoms with van der Waals surface area (Å²) in [6.07, 6.45) is 4.39. The van der Waals surface area contributed by atoms with E-state index in [1.807, 2.05) is 0 Å². The number of piperazine rings is 1. The van der Waals surface area contributed by atoms with E-state index >= 15 is 0 Å². The number of rotatable bonds is 5. The van der Waals surface area contributed by atoms with Gasteiger partial charge in [-0.05, 0) is 44.8 Å². The van der Waals surface area contributed by atoms with Gasteiger partial charge in [-0.1, -0.05) is 13.8 Å². The van der Waals surface area contributed by atoms with Gasteiger partial charge in [0.1, 0.15) is 0 Å². The van der Waals surface area contributed by atoms with Crippen LogP contribution in [-0.2, 0) is 4.79 Å². The van der Waals surface area contributed by atoms with Crippen LogP contribution in [0, 0.1) is 5.92 Å². The molecule has 116 valence electrons. The Kier molecular flexibility index (Phi) is 6.30. The Balaban J connectivity index is 1.66. The zero-order valence-electron chi connectivity index (χ0n) is 13.3. The van der Waals surface area contributed by atoms with E-state index in [1.165, 1.54) is 39.0 Å². The Morgan fingerprint density at radius 1 is 0.950 bits per heavy atom. The molecule has 2 heterocycles. The van der Waals surface area contributed by atoms with E-state index in [4.69, 9.17) is 0 Å². The molecule has 0 atom stereocenters. The van der Waals surface area contributed by atoms with Gasteiger partial charge in [-0.3, -0.25) is 9.69 Å². The summed E-state index contributed by atoms with van der Waals surface area (Å²) in [6.45, 7) is 13.3. The summed E-state index contributed by atoms with van der Waals surface area (Å²) in [5, 5.41) is 0. The van der Waals surface area contributed by atoms with Crippen molar-refractivity contribution in [2.24, 2.45) is 5.92 Å². The molecule has 4 nitrogen and oxygen atoms in total. The van der Waals surface area contributed by atoms with E-state index in [2.05, 4.69) is 28.5 Å². The molecule has 0 bridgehead atoms. The summed E-state index contributed by atoms with van der Waals surface area (Å²) >= 11 is 0. The van der Waals surface area contributed by atoms with Gasteiger partial charge in [0.15, 0.2) is 0 Å². The average molecular weight is 281 g/mol. The van der Waals surface area contributed by atoms with Crippen molar-refractivity contribution in [2.75, 3.05) is 52.4 Å². The van der Waals surface area contributed by atoms with Gasteiger partial charge in [-0.25, -0.2) is 0 Å². The van der Waals surface area contributed by atoms with E-state index in [-0.39, 0.29) is 0 Å². The summed E-state index contributed by atoms with van der Waals surface area (Å²) in [7, 11) is 0. The van der Waals surface area contributed by atoms with Gasteiger partial charge in [-0.2, -0.15) is 0 Å². The van der Waals surface area contributed by atoms with Gasteiger partial charge in [0.25, 0.3) is 0 Å². The molecule has 1 amide bonds. The molecular formula is C16H31N3O. The second-order valence-electron chi connectivity index (χ2n) is 6.31. The maximum Gasteiger partial charge on any atom is 0.222 e. The number of carbonyl (C=O) groups excluding carboxylic acids is 1. The molecule has 0 N–H and O–H groups in total. The highest BCUT2D eigenvalue weighted by atomic mass is 16.2. The summed E-state index contributed by atoms with van der Waals surface area (Å²) in [4.78, 5) is 19.0. The number of piperidine rings is 1.